The third-order valence-electron chi connectivity index (χ3n) is 3.75. The molecule has 0 bridgehead atoms. The van der Waals surface area contributed by atoms with Gasteiger partial charge in [0.1, 0.15) is 12.2 Å². The summed E-state index contributed by atoms with van der Waals surface area (Å²) < 4.78 is 23.8. The molecule has 0 aliphatic carbocycles. The summed E-state index contributed by atoms with van der Waals surface area (Å²) in [7, 11) is 0. The van der Waals surface area contributed by atoms with Gasteiger partial charge in [-0.2, -0.15) is 0 Å². The van der Waals surface area contributed by atoms with Crippen LogP contribution in [-0.4, -0.2) is 43.4 Å². The van der Waals surface area contributed by atoms with Crippen LogP contribution in [0.2, 0.25) is 0 Å². The molecule has 1 aromatic rings. The molecule has 1 saturated heterocycles. The Labute approximate surface area is 145 Å². The highest BCUT2D eigenvalue weighted by Gasteiger charge is 2.43. The molecule has 0 radical (unpaired) electrons. The van der Waals surface area contributed by atoms with Crippen LogP contribution in [0.3, 0.4) is 0 Å². The minimum absolute atomic E-state index is 0.142. The fraction of sp³-hybridized carbons (Fsp3) is 0.600. The summed E-state index contributed by atoms with van der Waals surface area (Å²) in [6.45, 7) is 11.0. The predicted octanol–water partition coefficient (Wildman–Crippen LogP) is 4.05. The van der Waals surface area contributed by atoms with Gasteiger partial charge in [0.2, 0.25) is 0 Å². The Morgan fingerprint density at radius 2 is 1.46 bits per heavy atom. The third kappa shape index (κ3) is 6.02. The molecule has 0 N–H and O–H groups in total. The van der Waals surface area contributed by atoms with Crippen molar-refractivity contribution in [2.24, 2.45) is 0 Å². The smallest absolute Gasteiger partial charge is 0.186 e. The lowest BCUT2D eigenvalue weighted by Crippen LogP contribution is -2.33. The topological polar surface area (TPSA) is 36.9 Å². The Morgan fingerprint density at radius 1 is 0.958 bits per heavy atom. The first-order chi connectivity index (χ1) is 11.4. The highest BCUT2D eigenvalue weighted by atomic mass is 16.8. The largest absolute Gasteiger partial charge is 0.376 e. The van der Waals surface area contributed by atoms with Gasteiger partial charge in [0.05, 0.1) is 25.4 Å². The maximum Gasteiger partial charge on any atom is 0.186 e. The van der Waals surface area contributed by atoms with Crippen molar-refractivity contribution in [2.45, 2.75) is 64.8 Å². The molecular weight excluding hydrogens is 304 g/mol. The third-order valence-corrected chi connectivity index (χ3v) is 3.75. The van der Waals surface area contributed by atoms with Crippen LogP contribution in [0.1, 0.15) is 40.2 Å². The quantitative estimate of drug-likeness (QED) is 0.719. The van der Waals surface area contributed by atoms with E-state index in [0.717, 1.165) is 5.56 Å². The molecule has 1 aliphatic heterocycles. The molecule has 0 aromatic heterocycles. The summed E-state index contributed by atoms with van der Waals surface area (Å²) in [4.78, 5) is 0. The van der Waals surface area contributed by atoms with E-state index in [2.05, 4.69) is 0 Å². The fourth-order valence-electron chi connectivity index (χ4n) is 2.53. The molecule has 4 nitrogen and oxygen atoms in total. The first-order valence-corrected chi connectivity index (χ1v) is 8.71. The highest BCUT2D eigenvalue weighted by Crippen LogP contribution is 2.31. The Bertz CT molecular complexity index is 490. The van der Waals surface area contributed by atoms with E-state index in [-0.39, 0.29) is 24.4 Å². The van der Waals surface area contributed by atoms with Crippen LogP contribution in [0.15, 0.2) is 36.4 Å². The van der Waals surface area contributed by atoms with Crippen molar-refractivity contribution >= 4 is 6.08 Å². The van der Waals surface area contributed by atoms with Crippen molar-refractivity contribution in [3.63, 3.8) is 0 Å². The van der Waals surface area contributed by atoms with Gasteiger partial charge in [-0.1, -0.05) is 36.4 Å². The van der Waals surface area contributed by atoms with Crippen molar-refractivity contribution in [1.82, 2.24) is 0 Å². The molecule has 1 heterocycles. The molecule has 1 fully saturated rings. The second-order valence-corrected chi connectivity index (χ2v) is 6.84. The lowest BCUT2D eigenvalue weighted by molar-refractivity contribution is -0.133. The van der Waals surface area contributed by atoms with E-state index < -0.39 is 5.79 Å². The molecule has 2 rings (SSSR count). The van der Waals surface area contributed by atoms with E-state index in [1.807, 2.05) is 77.1 Å². The first-order valence-electron chi connectivity index (χ1n) is 8.71. The van der Waals surface area contributed by atoms with Crippen molar-refractivity contribution in [3.05, 3.63) is 42.0 Å². The van der Waals surface area contributed by atoms with Crippen molar-refractivity contribution in [3.8, 4) is 0 Å². The summed E-state index contributed by atoms with van der Waals surface area (Å²) in [5, 5.41) is 0. The maximum atomic E-state index is 6.15. The molecule has 1 aliphatic rings. The van der Waals surface area contributed by atoms with Gasteiger partial charge < -0.3 is 18.9 Å². The van der Waals surface area contributed by atoms with Gasteiger partial charge in [0, 0.05) is 0 Å². The van der Waals surface area contributed by atoms with Gasteiger partial charge in [-0.3, -0.25) is 0 Å². The van der Waals surface area contributed by atoms with Crippen LogP contribution in [0.25, 0.3) is 6.08 Å². The van der Waals surface area contributed by atoms with Crippen molar-refractivity contribution in [2.75, 3.05) is 13.2 Å². The summed E-state index contributed by atoms with van der Waals surface area (Å²) >= 11 is 0. The standard InChI is InChI=1S/C20H30O4/c1-15(2)21-13-18-19(14-22-16(3)4)24-20(5,23-18)12-11-17-9-7-6-8-10-17/h6-12,15-16,18-19H,13-14H2,1-5H3/b12-11+/t18-,19-/m0/s1. The molecule has 0 spiro atoms. The van der Waals surface area contributed by atoms with E-state index >= 15 is 0 Å². The SMILES string of the molecule is CC(C)OC[C@@H]1OC(C)(/C=C/c2ccccc2)O[C@H]1COC(C)C. The van der Waals surface area contributed by atoms with E-state index in [1.54, 1.807) is 0 Å². The van der Waals surface area contributed by atoms with Crippen molar-refractivity contribution in [1.29, 1.82) is 0 Å². The zero-order valence-corrected chi connectivity index (χ0v) is 15.4. The minimum Gasteiger partial charge on any atom is -0.376 e. The van der Waals surface area contributed by atoms with Gasteiger partial charge in [0.25, 0.3) is 0 Å². The fourth-order valence-corrected chi connectivity index (χ4v) is 2.53. The lowest BCUT2D eigenvalue weighted by atomic mass is 10.2. The van der Waals surface area contributed by atoms with Crippen LogP contribution >= 0.6 is 0 Å². The number of hydrogen-bond acceptors (Lipinski definition) is 4. The van der Waals surface area contributed by atoms with E-state index in [4.69, 9.17) is 18.9 Å². The van der Waals surface area contributed by atoms with Crippen LogP contribution in [-0.2, 0) is 18.9 Å². The zero-order chi connectivity index (χ0) is 17.6. The number of ether oxygens (including phenoxy) is 4. The van der Waals surface area contributed by atoms with Gasteiger partial charge >= 0.3 is 0 Å². The highest BCUT2D eigenvalue weighted by molar-refractivity contribution is 5.49. The Hall–Kier alpha value is -1.20. The van der Waals surface area contributed by atoms with Crippen LogP contribution < -0.4 is 0 Å². The maximum absolute atomic E-state index is 6.15. The minimum atomic E-state index is -0.772. The average molecular weight is 334 g/mol. The van der Waals surface area contributed by atoms with Crippen LogP contribution in [0.5, 0.6) is 0 Å². The molecule has 24 heavy (non-hydrogen) atoms. The zero-order valence-electron chi connectivity index (χ0n) is 15.4. The lowest BCUT2D eigenvalue weighted by Gasteiger charge is -2.19. The van der Waals surface area contributed by atoms with E-state index in [1.165, 1.54) is 0 Å². The second-order valence-electron chi connectivity index (χ2n) is 6.84. The van der Waals surface area contributed by atoms with Crippen LogP contribution in [0.4, 0.5) is 0 Å². The number of hydrogen-bond donors (Lipinski definition) is 0. The van der Waals surface area contributed by atoms with Gasteiger partial charge in [-0.25, -0.2) is 0 Å². The molecule has 134 valence electrons. The predicted molar refractivity (Wildman–Crippen MR) is 95.8 cm³/mol. The Balaban J connectivity index is 2.03. The summed E-state index contributed by atoms with van der Waals surface area (Å²) in [5.41, 5.74) is 1.11. The van der Waals surface area contributed by atoms with E-state index in [0.29, 0.717) is 13.2 Å². The van der Waals surface area contributed by atoms with Crippen molar-refractivity contribution < 1.29 is 18.9 Å². The summed E-state index contributed by atoms with van der Waals surface area (Å²) in [6, 6.07) is 10.1. The van der Waals surface area contributed by atoms with Gasteiger partial charge in [-0.15, -0.1) is 0 Å². The average Bonchev–Trinajstić information content (AvgIpc) is 2.87. The number of benzene rings is 1. The second kappa shape index (κ2) is 8.77. The van der Waals surface area contributed by atoms with Gasteiger partial charge in [0.15, 0.2) is 5.79 Å². The molecule has 0 unspecified atom stereocenters. The molecule has 1 aromatic carbocycles. The monoisotopic (exact) mass is 334 g/mol. The number of rotatable bonds is 8. The summed E-state index contributed by atoms with van der Waals surface area (Å²) in [5.74, 6) is -0.772. The first kappa shape index (κ1) is 19.1. The molecular formula is C20H30O4. The molecule has 2 atom stereocenters. The Morgan fingerprint density at radius 3 is 1.92 bits per heavy atom. The Kier molecular flexibility index (Phi) is 6.99. The molecule has 0 saturated carbocycles. The summed E-state index contributed by atoms with van der Waals surface area (Å²) in [6.07, 6.45) is 4.01. The van der Waals surface area contributed by atoms with Crippen LogP contribution in [0, 0.1) is 0 Å². The van der Waals surface area contributed by atoms with Gasteiger partial charge in [-0.05, 0) is 46.3 Å². The molecule has 4 heteroatoms. The normalized spacial score (nSPS) is 23.6. The molecule has 0 amide bonds. The van der Waals surface area contributed by atoms with E-state index in [9.17, 15) is 0 Å².